The third kappa shape index (κ3) is 4.61. The molecule has 2 aromatic carbocycles. The van der Waals surface area contributed by atoms with Gasteiger partial charge >= 0.3 is 0 Å². The van der Waals surface area contributed by atoms with Gasteiger partial charge in [-0.2, -0.15) is 5.10 Å². The van der Waals surface area contributed by atoms with E-state index in [0.717, 1.165) is 22.0 Å². The number of anilines is 1. The quantitative estimate of drug-likeness (QED) is 0.455. The number of ether oxygens (including phenoxy) is 2. The minimum atomic E-state index is 0.422. The van der Waals surface area contributed by atoms with Gasteiger partial charge in [0.05, 0.1) is 29.7 Å². The molecule has 0 spiro atoms. The van der Waals surface area contributed by atoms with Crippen molar-refractivity contribution in [2.24, 2.45) is 5.10 Å². The lowest BCUT2D eigenvalue weighted by molar-refractivity contribution is 0.281. The standard InChI is InChI=1S/C20H21N3O2S/c1-15-22-17(14-26-15)13-25-19-10-9-16(11-20(19)24-3)12-21-23(2)18-7-5-4-6-8-18/h4-12,14H,13H2,1-3H3/b21-12-. The molecular weight excluding hydrogens is 346 g/mol. The van der Waals surface area contributed by atoms with Crippen LogP contribution in [-0.2, 0) is 6.61 Å². The summed E-state index contributed by atoms with van der Waals surface area (Å²) in [7, 11) is 3.54. The number of hydrazone groups is 1. The van der Waals surface area contributed by atoms with Gasteiger partial charge in [0.15, 0.2) is 11.5 Å². The van der Waals surface area contributed by atoms with Crippen LogP contribution in [0.15, 0.2) is 59.0 Å². The van der Waals surface area contributed by atoms with Crippen LogP contribution in [0.5, 0.6) is 11.5 Å². The smallest absolute Gasteiger partial charge is 0.161 e. The van der Waals surface area contributed by atoms with E-state index in [-0.39, 0.29) is 0 Å². The van der Waals surface area contributed by atoms with E-state index < -0.39 is 0 Å². The van der Waals surface area contributed by atoms with Crippen molar-refractivity contribution < 1.29 is 9.47 Å². The Hall–Kier alpha value is -2.86. The van der Waals surface area contributed by atoms with E-state index >= 15 is 0 Å². The molecular formula is C20H21N3O2S. The first-order chi connectivity index (χ1) is 12.7. The predicted octanol–water partition coefficient (Wildman–Crippen LogP) is 4.51. The van der Waals surface area contributed by atoms with Crippen LogP contribution in [0.1, 0.15) is 16.3 Å². The van der Waals surface area contributed by atoms with Crippen molar-refractivity contribution in [2.75, 3.05) is 19.2 Å². The molecule has 3 rings (SSSR count). The number of thiazole rings is 1. The molecule has 6 heteroatoms. The molecule has 5 nitrogen and oxygen atoms in total. The summed E-state index contributed by atoms with van der Waals surface area (Å²) in [5.74, 6) is 1.36. The highest BCUT2D eigenvalue weighted by atomic mass is 32.1. The van der Waals surface area contributed by atoms with E-state index in [9.17, 15) is 0 Å². The first-order valence-corrected chi connectivity index (χ1v) is 9.08. The first-order valence-electron chi connectivity index (χ1n) is 8.20. The lowest BCUT2D eigenvalue weighted by Crippen LogP contribution is -2.08. The van der Waals surface area contributed by atoms with Crippen molar-refractivity contribution >= 4 is 23.2 Å². The van der Waals surface area contributed by atoms with Gasteiger partial charge in [-0.3, -0.25) is 5.01 Å². The maximum absolute atomic E-state index is 5.84. The van der Waals surface area contributed by atoms with E-state index in [1.807, 2.05) is 72.9 Å². The van der Waals surface area contributed by atoms with Gasteiger partial charge in [-0.15, -0.1) is 11.3 Å². The van der Waals surface area contributed by atoms with E-state index in [1.54, 1.807) is 24.7 Å². The molecule has 0 unspecified atom stereocenters. The lowest BCUT2D eigenvalue weighted by Gasteiger charge is -2.13. The van der Waals surface area contributed by atoms with Crippen molar-refractivity contribution in [1.29, 1.82) is 0 Å². The van der Waals surface area contributed by atoms with Gasteiger partial charge < -0.3 is 9.47 Å². The summed E-state index contributed by atoms with van der Waals surface area (Å²) in [4.78, 5) is 4.40. The largest absolute Gasteiger partial charge is 0.493 e. The van der Waals surface area contributed by atoms with Crippen molar-refractivity contribution in [3.05, 3.63) is 70.2 Å². The molecule has 0 aliphatic carbocycles. The van der Waals surface area contributed by atoms with Gasteiger partial charge in [0.25, 0.3) is 0 Å². The summed E-state index contributed by atoms with van der Waals surface area (Å²) in [6.45, 7) is 2.40. The van der Waals surface area contributed by atoms with Gasteiger partial charge in [-0.05, 0) is 42.8 Å². The average molecular weight is 367 g/mol. The second-order valence-electron chi connectivity index (χ2n) is 5.66. The van der Waals surface area contributed by atoms with Crippen LogP contribution in [0.25, 0.3) is 0 Å². The summed E-state index contributed by atoms with van der Waals surface area (Å²) >= 11 is 1.61. The Morgan fingerprint density at radius 2 is 1.96 bits per heavy atom. The van der Waals surface area contributed by atoms with Gasteiger partial charge in [0.1, 0.15) is 6.61 Å². The van der Waals surface area contributed by atoms with Crippen LogP contribution in [-0.4, -0.2) is 25.4 Å². The molecule has 0 radical (unpaired) electrons. The van der Waals surface area contributed by atoms with Crippen molar-refractivity contribution in [1.82, 2.24) is 4.98 Å². The normalized spacial score (nSPS) is 10.9. The van der Waals surface area contributed by atoms with Gasteiger partial charge in [-0.25, -0.2) is 4.98 Å². The molecule has 1 aromatic heterocycles. The molecule has 0 aliphatic heterocycles. The molecule has 0 bridgehead atoms. The number of para-hydroxylation sites is 1. The number of nitrogens with zero attached hydrogens (tertiary/aromatic N) is 3. The Morgan fingerprint density at radius 3 is 2.65 bits per heavy atom. The van der Waals surface area contributed by atoms with Gasteiger partial charge in [-0.1, -0.05) is 18.2 Å². The molecule has 1 heterocycles. The Kier molecular flexibility index (Phi) is 5.86. The summed E-state index contributed by atoms with van der Waals surface area (Å²) in [6.07, 6.45) is 1.79. The minimum Gasteiger partial charge on any atom is -0.493 e. The molecule has 26 heavy (non-hydrogen) atoms. The highest BCUT2D eigenvalue weighted by molar-refractivity contribution is 7.09. The number of hydrogen-bond acceptors (Lipinski definition) is 6. The monoisotopic (exact) mass is 367 g/mol. The molecule has 0 aliphatic rings. The minimum absolute atomic E-state index is 0.422. The zero-order valence-electron chi connectivity index (χ0n) is 15.0. The number of hydrogen-bond donors (Lipinski definition) is 0. The second kappa shape index (κ2) is 8.49. The van der Waals surface area contributed by atoms with E-state index in [4.69, 9.17) is 9.47 Å². The topological polar surface area (TPSA) is 47.0 Å². The van der Waals surface area contributed by atoms with Crippen molar-refractivity contribution in [3.63, 3.8) is 0 Å². The molecule has 0 N–H and O–H groups in total. The van der Waals surface area contributed by atoms with Gasteiger partial charge in [0.2, 0.25) is 0 Å². The van der Waals surface area contributed by atoms with E-state index in [1.165, 1.54) is 0 Å². The molecule has 0 fully saturated rings. The van der Waals surface area contributed by atoms with E-state index in [2.05, 4.69) is 10.1 Å². The van der Waals surface area contributed by atoms with Crippen LogP contribution in [0.3, 0.4) is 0 Å². The van der Waals surface area contributed by atoms with Crippen LogP contribution in [0.2, 0.25) is 0 Å². The Bertz CT molecular complexity index is 878. The van der Waals surface area contributed by atoms with E-state index in [0.29, 0.717) is 18.1 Å². The van der Waals surface area contributed by atoms with Crippen LogP contribution >= 0.6 is 11.3 Å². The van der Waals surface area contributed by atoms with Crippen LogP contribution in [0.4, 0.5) is 5.69 Å². The third-order valence-corrected chi connectivity index (χ3v) is 4.56. The number of aromatic nitrogens is 1. The number of methoxy groups -OCH3 is 1. The average Bonchev–Trinajstić information content (AvgIpc) is 3.10. The molecule has 134 valence electrons. The summed E-state index contributed by atoms with van der Waals surface area (Å²) in [5, 5.41) is 9.32. The Balaban J connectivity index is 1.68. The number of rotatable bonds is 7. The Labute approximate surface area is 157 Å². The summed E-state index contributed by atoms with van der Waals surface area (Å²) in [6, 6.07) is 15.7. The summed E-state index contributed by atoms with van der Waals surface area (Å²) < 4.78 is 11.3. The fourth-order valence-corrected chi connectivity index (χ4v) is 2.97. The highest BCUT2D eigenvalue weighted by Gasteiger charge is 2.07. The van der Waals surface area contributed by atoms with Crippen molar-refractivity contribution in [3.8, 4) is 11.5 Å². The molecule has 3 aromatic rings. The molecule has 0 saturated carbocycles. The van der Waals surface area contributed by atoms with Crippen molar-refractivity contribution in [2.45, 2.75) is 13.5 Å². The SMILES string of the molecule is COc1cc(/C=N\N(C)c2ccccc2)ccc1OCc1csc(C)n1. The summed E-state index contributed by atoms with van der Waals surface area (Å²) in [5.41, 5.74) is 2.88. The fourth-order valence-electron chi connectivity index (χ4n) is 2.37. The Morgan fingerprint density at radius 1 is 1.15 bits per heavy atom. The maximum atomic E-state index is 5.84. The second-order valence-corrected chi connectivity index (χ2v) is 6.72. The highest BCUT2D eigenvalue weighted by Crippen LogP contribution is 2.28. The number of benzene rings is 2. The lowest BCUT2D eigenvalue weighted by atomic mass is 10.2. The fraction of sp³-hybridized carbons (Fsp3) is 0.200. The zero-order chi connectivity index (χ0) is 18.4. The predicted molar refractivity (Wildman–Crippen MR) is 107 cm³/mol. The maximum Gasteiger partial charge on any atom is 0.161 e. The zero-order valence-corrected chi connectivity index (χ0v) is 15.9. The van der Waals surface area contributed by atoms with Crippen LogP contribution in [0, 0.1) is 6.92 Å². The first kappa shape index (κ1) is 17.9. The molecule has 0 saturated heterocycles. The molecule has 0 atom stereocenters. The molecule has 0 amide bonds. The van der Waals surface area contributed by atoms with Gasteiger partial charge in [0, 0.05) is 12.4 Å². The number of aryl methyl sites for hydroxylation is 1. The van der Waals surface area contributed by atoms with Crippen LogP contribution < -0.4 is 14.5 Å². The third-order valence-electron chi connectivity index (χ3n) is 3.74.